The summed E-state index contributed by atoms with van der Waals surface area (Å²) in [6.45, 7) is 0.611. The van der Waals surface area contributed by atoms with Gasteiger partial charge in [0.05, 0.1) is 0 Å². The van der Waals surface area contributed by atoms with Crippen molar-refractivity contribution in [1.29, 1.82) is 0 Å². The summed E-state index contributed by atoms with van der Waals surface area (Å²) >= 11 is 0. The third-order valence-corrected chi connectivity index (χ3v) is 1.79. The Morgan fingerprint density at radius 3 is 2.69 bits per heavy atom. The van der Waals surface area contributed by atoms with Gasteiger partial charge in [-0.25, -0.2) is 0 Å². The van der Waals surface area contributed by atoms with Gasteiger partial charge in [0.2, 0.25) is 6.41 Å². The van der Waals surface area contributed by atoms with E-state index in [1.54, 1.807) is 7.05 Å². The fraction of sp³-hybridized carbons (Fsp3) is 0.750. The Labute approximate surface area is 77.5 Å². The SMILES string of the molecule is CNC(CCCCNC=O)C(=O)O. The summed E-state index contributed by atoms with van der Waals surface area (Å²) in [4.78, 5) is 20.4. The van der Waals surface area contributed by atoms with Gasteiger partial charge in [-0.05, 0) is 26.3 Å². The van der Waals surface area contributed by atoms with Gasteiger partial charge in [-0.1, -0.05) is 0 Å². The van der Waals surface area contributed by atoms with Crippen LogP contribution in [0.3, 0.4) is 0 Å². The molecule has 0 aromatic carbocycles. The molecule has 0 heterocycles. The minimum Gasteiger partial charge on any atom is -0.480 e. The zero-order valence-electron chi connectivity index (χ0n) is 7.75. The predicted octanol–water partition coefficient (Wildman–Crippen LogP) is -0.425. The standard InChI is InChI=1S/C8H16N2O3/c1-9-7(8(12)13)4-2-3-5-10-6-11/h6-7,9H,2-5H2,1H3,(H,10,11)(H,12,13). The van der Waals surface area contributed by atoms with Crippen molar-refractivity contribution in [2.24, 2.45) is 0 Å². The first kappa shape index (κ1) is 11.9. The lowest BCUT2D eigenvalue weighted by molar-refractivity contribution is -0.139. The van der Waals surface area contributed by atoms with Crippen molar-refractivity contribution in [2.75, 3.05) is 13.6 Å². The predicted molar refractivity (Wildman–Crippen MR) is 48.4 cm³/mol. The van der Waals surface area contributed by atoms with Gasteiger partial charge in [0.25, 0.3) is 0 Å². The number of carbonyl (C=O) groups excluding carboxylic acids is 1. The van der Waals surface area contributed by atoms with Crippen molar-refractivity contribution in [2.45, 2.75) is 25.3 Å². The number of nitrogens with one attached hydrogen (secondary N) is 2. The molecule has 0 saturated heterocycles. The molecule has 0 aliphatic heterocycles. The first-order valence-corrected chi connectivity index (χ1v) is 4.29. The van der Waals surface area contributed by atoms with E-state index < -0.39 is 12.0 Å². The average molecular weight is 188 g/mol. The summed E-state index contributed by atoms with van der Waals surface area (Å²) in [7, 11) is 1.63. The third kappa shape index (κ3) is 6.10. The summed E-state index contributed by atoms with van der Waals surface area (Å²) < 4.78 is 0. The molecular weight excluding hydrogens is 172 g/mol. The van der Waals surface area contributed by atoms with Crippen LogP contribution in [0.25, 0.3) is 0 Å². The van der Waals surface area contributed by atoms with Gasteiger partial charge >= 0.3 is 5.97 Å². The molecule has 0 aliphatic carbocycles. The van der Waals surface area contributed by atoms with E-state index in [1.165, 1.54) is 0 Å². The normalized spacial score (nSPS) is 12.1. The highest BCUT2D eigenvalue weighted by molar-refractivity contribution is 5.73. The Bertz CT molecular complexity index is 161. The Hall–Kier alpha value is -1.10. The van der Waals surface area contributed by atoms with E-state index in [0.29, 0.717) is 19.4 Å². The molecule has 0 fully saturated rings. The van der Waals surface area contributed by atoms with E-state index in [9.17, 15) is 9.59 Å². The van der Waals surface area contributed by atoms with Gasteiger partial charge in [-0.2, -0.15) is 0 Å². The third-order valence-electron chi connectivity index (χ3n) is 1.79. The number of rotatable bonds is 8. The molecule has 0 radical (unpaired) electrons. The fourth-order valence-electron chi connectivity index (χ4n) is 1.03. The van der Waals surface area contributed by atoms with Crippen molar-refractivity contribution in [3.63, 3.8) is 0 Å². The van der Waals surface area contributed by atoms with E-state index in [4.69, 9.17) is 5.11 Å². The maximum Gasteiger partial charge on any atom is 0.320 e. The van der Waals surface area contributed by atoms with Crippen LogP contribution in [0.2, 0.25) is 0 Å². The number of aliphatic carboxylic acids is 1. The number of hydrogen-bond donors (Lipinski definition) is 3. The molecule has 0 spiro atoms. The molecule has 0 aromatic rings. The van der Waals surface area contributed by atoms with E-state index in [2.05, 4.69) is 10.6 Å². The maximum atomic E-state index is 10.5. The number of hydrogen-bond acceptors (Lipinski definition) is 3. The smallest absolute Gasteiger partial charge is 0.320 e. The van der Waals surface area contributed by atoms with Gasteiger partial charge < -0.3 is 15.7 Å². The Kier molecular flexibility index (Phi) is 6.91. The van der Waals surface area contributed by atoms with Crippen molar-refractivity contribution in [3.05, 3.63) is 0 Å². The summed E-state index contributed by atoms with van der Waals surface area (Å²) in [6.07, 6.45) is 2.84. The molecular formula is C8H16N2O3. The highest BCUT2D eigenvalue weighted by Crippen LogP contribution is 1.99. The van der Waals surface area contributed by atoms with Gasteiger partial charge in [0, 0.05) is 6.54 Å². The molecule has 1 atom stereocenters. The maximum absolute atomic E-state index is 10.5. The summed E-state index contributed by atoms with van der Waals surface area (Å²) in [6, 6.07) is -0.476. The van der Waals surface area contributed by atoms with Gasteiger partial charge in [0.15, 0.2) is 0 Å². The largest absolute Gasteiger partial charge is 0.480 e. The van der Waals surface area contributed by atoms with Crippen molar-refractivity contribution >= 4 is 12.4 Å². The van der Waals surface area contributed by atoms with Crippen LogP contribution >= 0.6 is 0 Å². The molecule has 0 bridgehead atoms. The van der Waals surface area contributed by atoms with E-state index >= 15 is 0 Å². The Morgan fingerprint density at radius 1 is 1.54 bits per heavy atom. The van der Waals surface area contributed by atoms with Crippen LogP contribution in [0.1, 0.15) is 19.3 Å². The number of carboxylic acid groups (broad SMARTS) is 1. The van der Waals surface area contributed by atoms with Gasteiger partial charge in [-0.3, -0.25) is 9.59 Å². The van der Waals surface area contributed by atoms with E-state index in [0.717, 1.165) is 12.8 Å². The number of unbranched alkanes of at least 4 members (excludes halogenated alkanes) is 1. The summed E-state index contributed by atoms with van der Waals surface area (Å²) in [5, 5.41) is 13.9. The lowest BCUT2D eigenvalue weighted by atomic mass is 10.1. The number of likely N-dealkylation sites (N-methyl/N-ethyl adjacent to an activating group) is 1. The second kappa shape index (κ2) is 7.54. The molecule has 0 aliphatic rings. The van der Waals surface area contributed by atoms with Crippen LogP contribution in [0, 0.1) is 0 Å². The Morgan fingerprint density at radius 2 is 2.23 bits per heavy atom. The Balaban J connectivity index is 3.38. The topological polar surface area (TPSA) is 78.4 Å². The monoisotopic (exact) mass is 188 g/mol. The van der Waals surface area contributed by atoms with Crippen molar-refractivity contribution < 1.29 is 14.7 Å². The quantitative estimate of drug-likeness (QED) is 0.357. The summed E-state index contributed by atoms with van der Waals surface area (Å²) in [5.74, 6) is -0.828. The molecule has 76 valence electrons. The van der Waals surface area contributed by atoms with Crippen LogP contribution in [-0.2, 0) is 9.59 Å². The molecule has 13 heavy (non-hydrogen) atoms. The molecule has 0 saturated carbocycles. The first-order valence-electron chi connectivity index (χ1n) is 4.29. The highest BCUT2D eigenvalue weighted by atomic mass is 16.4. The van der Waals surface area contributed by atoms with Crippen molar-refractivity contribution in [3.8, 4) is 0 Å². The van der Waals surface area contributed by atoms with E-state index in [-0.39, 0.29) is 0 Å². The molecule has 0 rings (SSSR count). The second-order valence-corrected chi connectivity index (χ2v) is 2.75. The molecule has 5 nitrogen and oxygen atoms in total. The summed E-state index contributed by atoms with van der Waals surface area (Å²) in [5.41, 5.74) is 0. The zero-order chi connectivity index (χ0) is 10.1. The first-order chi connectivity index (χ1) is 6.22. The number of carboxylic acids is 1. The van der Waals surface area contributed by atoms with E-state index in [1.807, 2.05) is 0 Å². The minimum atomic E-state index is -0.828. The van der Waals surface area contributed by atoms with Crippen LogP contribution in [0.15, 0.2) is 0 Å². The lowest BCUT2D eigenvalue weighted by Crippen LogP contribution is -2.33. The van der Waals surface area contributed by atoms with Crippen LogP contribution < -0.4 is 10.6 Å². The van der Waals surface area contributed by atoms with Gasteiger partial charge in [0.1, 0.15) is 6.04 Å². The molecule has 0 aromatic heterocycles. The molecule has 1 amide bonds. The molecule has 3 N–H and O–H groups in total. The number of amides is 1. The molecule has 5 heteroatoms. The van der Waals surface area contributed by atoms with Crippen LogP contribution in [0.5, 0.6) is 0 Å². The van der Waals surface area contributed by atoms with Crippen molar-refractivity contribution in [1.82, 2.24) is 10.6 Å². The van der Waals surface area contributed by atoms with Crippen LogP contribution in [-0.4, -0.2) is 37.1 Å². The average Bonchev–Trinajstić information content (AvgIpc) is 2.10. The second-order valence-electron chi connectivity index (χ2n) is 2.75. The fourth-order valence-corrected chi connectivity index (χ4v) is 1.03. The van der Waals surface area contributed by atoms with Crippen LogP contribution in [0.4, 0.5) is 0 Å². The highest BCUT2D eigenvalue weighted by Gasteiger charge is 2.12. The zero-order valence-corrected chi connectivity index (χ0v) is 7.75. The lowest BCUT2D eigenvalue weighted by Gasteiger charge is -2.09. The minimum absolute atomic E-state index is 0.476. The molecule has 1 unspecified atom stereocenters. The number of carbonyl (C=O) groups is 2. The van der Waals surface area contributed by atoms with Gasteiger partial charge in [-0.15, -0.1) is 0 Å².